The van der Waals surface area contributed by atoms with Gasteiger partial charge in [0.25, 0.3) is 5.91 Å². The number of benzene rings is 2. The first kappa shape index (κ1) is 20.9. The number of aromatic amines is 1. The number of aromatic nitrogens is 2. The summed E-state index contributed by atoms with van der Waals surface area (Å²) in [5, 5.41) is 18.4. The lowest BCUT2D eigenvalue weighted by atomic mass is 9.91. The fourth-order valence-corrected chi connectivity index (χ4v) is 5.15. The first-order valence-electron chi connectivity index (χ1n) is 11.2. The fourth-order valence-electron chi connectivity index (χ4n) is 5.03. The number of fused-ring (bicyclic) bond motifs is 1. The summed E-state index contributed by atoms with van der Waals surface area (Å²) in [5.41, 5.74) is 3.96. The summed E-state index contributed by atoms with van der Waals surface area (Å²) >= 11 is 6.10. The minimum atomic E-state index is -0.301. The van der Waals surface area contributed by atoms with Crippen molar-refractivity contribution in [2.45, 2.75) is 51.1 Å². The number of aromatic hydroxyl groups is 1. The van der Waals surface area contributed by atoms with Crippen LogP contribution in [-0.4, -0.2) is 38.8 Å². The van der Waals surface area contributed by atoms with Gasteiger partial charge in [-0.3, -0.25) is 9.89 Å². The fraction of sp³-hybridized carbons (Fsp3) is 0.360. The number of carbonyl (C=O) groups is 1. The Morgan fingerprint density at radius 3 is 2.62 bits per heavy atom. The van der Waals surface area contributed by atoms with Crippen LogP contribution in [0.2, 0.25) is 5.02 Å². The molecule has 1 aliphatic heterocycles. The molecule has 1 saturated carbocycles. The van der Waals surface area contributed by atoms with Crippen molar-refractivity contribution in [3.05, 3.63) is 64.3 Å². The Kier molecular flexibility index (Phi) is 5.55. The molecule has 1 unspecified atom stereocenters. The zero-order valence-electron chi connectivity index (χ0n) is 18.0. The van der Waals surface area contributed by atoms with E-state index in [1.165, 1.54) is 6.42 Å². The van der Waals surface area contributed by atoms with Crippen LogP contribution in [0.3, 0.4) is 0 Å². The van der Waals surface area contributed by atoms with Crippen LogP contribution in [0.5, 0.6) is 11.5 Å². The number of amides is 1. The van der Waals surface area contributed by atoms with Gasteiger partial charge in [0.05, 0.1) is 18.3 Å². The second kappa shape index (κ2) is 8.51. The molecule has 2 aliphatic rings. The molecule has 1 aliphatic carbocycles. The molecule has 1 fully saturated rings. The van der Waals surface area contributed by atoms with Crippen molar-refractivity contribution in [3.8, 4) is 22.8 Å². The Labute approximate surface area is 192 Å². The van der Waals surface area contributed by atoms with Gasteiger partial charge in [0.15, 0.2) is 11.5 Å². The number of carbonyl (C=O) groups excluding carboxylic acids is 1. The quantitative estimate of drug-likeness (QED) is 0.520. The van der Waals surface area contributed by atoms with Gasteiger partial charge in [0.1, 0.15) is 5.69 Å². The van der Waals surface area contributed by atoms with E-state index in [2.05, 4.69) is 10.2 Å². The van der Waals surface area contributed by atoms with Crippen LogP contribution in [0, 0.1) is 0 Å². The van der Waals surface area contributed by atoms with Crippen LogP contribution in [0.25, 0.3) is 11.3 Å². The van der Waals surface area contributed by atoms with Gasteiger partial charge in [0.2, 0.25) is 0 Å². The number of halogens is 1. The largest absolute Gasteiger partial charge is 0.504 e. The summed E-state index contributed by atoms with van der Waals surface area (Å²) < 4.78 is 5.65. The lowest BCUT2D eigenvalue weighted by Gasteiger charge is -2.36. The Morgan fingerprint density at radius 1 is 1.16 bits per heavy atom. The summed E-state index contributed by atoms with van der Waals surface area (Å²) in [4.78, 5) is 15.6. The highest BCUT2D eigenvalue weighted by Crippen LogP contribution is 2.47. The van der Waals surface area contributed by atoms with E-state index >= 15 is 0 Å². The summed E-state index contributed by atoms with van der Waals surface area (Å²) in [7, 11) is 0. The van der Waals surface area contributed by atoms with Gasteiger partial charge in [-0.05, 0) is 49.6 Å². The standard InChI is InChI=1S/C25H26ClN3O3/c1-2-32-20-14-16(10-13-19(20)30)24-21-22(15-8-11-17(26)12-9-15)27-28-23(21)25(31)29(24)18-6-4-3-5-7-18/h8-14,18,24,30H,2-7H2,1H3,(H,27,28). The van der Waals surface area contributed by atoms with E-state index in [0.29, 0.717) is 23.1 Å². The zero-order valence-corrected chi connectivity index (χ0v) is 18.7. The van der Waals surface area contributed by atoms with Crippen LogP contribution in [0.1, 0.15) is 66.7 Å². The molecule has 0 radical (unpaired) electrons. The average Bonchev–Trinajstić information content (AvgIpc) is 3.36. The summed E-state index contributed by atoms with van der Waals surface area (Å²) in [6, 6.07) is 12.7. The van der Waals surface area contributed by atoms with Crippen molar-refractivity contribution in [1.82, 2.24) is 15.1 Å². The topological polar surface area (TPSA) is 78.5 Å². The third-order valence-corrected chi connectivity index (χ3v) is 6.74. The van der Waals surface area contributed by atoms with Gasteiger partial charge in [-0.25, -0.2) is 0 Å². The number of nitrogens with one attached hydrogen (secondary N) is 1. The molecule has 0 bridgehead atoms. The molecule has 3 aromatic rings. The maximum atomic E-state index is 13.6. The molecule has 5 rings (SSSR count). The number of phenols is 1. The Morgan fingerprint density at radius 2 is 1.91 bits per heavy atom. The monoisotopic (exact) mass is 451 g/mol. The van der Waals surface area contributed by atoms with Crippen LogP contribution in [-0.2, 0) is 0 Å². The molecule has 166 valence electrons. The summed E-state index contributed by atoms with van der Waals surface area (Å²) in [6.07, 6.45) is 5.44. The summed E-state index contributed by atoms with van der Waals surface area (Å²) in [6.45, 7) is 2.33. The molecule has 2 heterocycles. The van der Waals surface area contributed by atoms with Crippen molar-refractivity contribution in [3.63, 3.8) is 0 Å². The van der Waals surface area contributed by atoms with E-state index < -0.39 is 0 Å². The highest BCUT2D eigenvalue weighted by atomic mass is 35.5. The van der Waals surface area contributed by atoms with Gasteiger partial charge < -0.3 is 14.7 Å². The molecule has 32 heavy (non-hydrogen) atoms. The van der Waals surface area contributed by atoms with E-state index in [9.17, 15) is 9.90 Å². The third kappa shape index (κ3) is 3.52. The molecular weight excluding hydrogens is 426 g/mol. The van der Waals surface area contributed by atoms with Crippen molar-refractivity contribution in [2.24, 2.45) is 0 Å². The molecule has 1 aromatic heterocycles. The normalized spacial score (nSPS) is 18.8. The van der Waals surface area contributed by atoms with Gasteiger partial charge >= 0.3 is 0 Å². The van der Waals surface area contributed by atoms with E-state index in [1.807, 2.05) is 48.2 Å². The Hall–Kier alpha value is -2.99. The Balaban J connectivity index is 1.66. The maximum Gasteiger partial charge on any atom is 0.273 e. The number of ether oxygens (including phenoxy) is 1. The number of hydrogen-bond donors (Lipinski definition) is 2. The Bertz CT molecular complexity index is 1140. The maximum absolute atomic E-state index is 13.6. The zero-order chi connectivity index (χ0) is 22.2. The van der Waals surface area contributed by atoms with Gasteiger partial charge in [-0.1, -0.05) is 49.1 Å². The molecular formula is C25H26ClN3O3. The predicted molar refractivity (Wildman–Crippen MR) is 123 cm³/mol. The van der Waals surface area contributed by atoms with E-state index in [4.69, 9.17) is 16.3 Å². The molecule has 2 aromatic carbocycles. The number of H-pyrrole nitrogens is 1. The van der Waals surface area contributed by atoms with E-state index in [-0.39, 0.29) is 23.7 Å². The predicted octanol–water partition coefficient (Wildman–Crippen LogP) is 5.71. The van der Waals surface area contributed by atoms with Crippen molar-refractivity contribution >= 4 is 17.5 Å². The first-order chi connectivity index (χ1) is 15.6. The van der Waals surface area contributed by atoms with Crippen LogP contribution >= 0.6 is 11.6 Å². The van der Waals surface area contributed by atoms with Crippen molar-refractivity contribution < 1.29 is 14.6 Å². The van der Waals surface area contributed by atoms with Gasteiger partial charge in [-0.2, -0.15) is 5.10 Å². The number of phenolic OH excluding ortho intramolecular Hbond substituents is 1. The molecule has 0 saturated heterocycles. The third-order valence-electron chi connectivity index (χ3n) is 6.49. The molecule has 1 amide bonds. The van der Waals surface area contributed by atoms with Crippen molar-refractivity contribution in [1.29, 1.82) is 0 Å². The molecule has 0 spiro atoms. The lowest BCUT2D eigenvalue weighted by Crippen LogP contribution is -2.40. The second-order valence-corrected chi connectivity index (χ2v) is 8.87. The minimum absolute atomic E-state index is 0.0179. The van der Waals surface area contributed by atoms with E-state index in [1.54, 1.807) is 6.07 Å². The second-order valence-electron chi connectivity index (χ2n) is 8.43. The number of rotatable bonds is 5. The SMILES string of the molecule is CCOc1cc(C2c3c(-c4ccc(Cl)cc4)n[nH]c3C(=O)N2C2CCCCC2)ccc1O. The molecule has 6 nitrogen and oxygen atoms in total. The molecule has 2 N–H and O–H groups in total. The lowest BCUT2D eigenvalue weighted by molar-refractivity contribution is 0.0606. The van der Waals surface area contributed by atoms with Crippen molar-refractivity contribution in [2.75, 3.05) is 6.61 Å². The summed E-state index contributed by atoms with van der Waals surface area (Å²) in [5.74, 6) is 0.496. The first-order valence-corrected chi connectivity index (χ1v) is 11.6. The minimum Gasteiger partial charge on any atom is -0.504 e. The van der Waals surface area contributed by atoms with Crippen LogP contribution in [0.15, 0.2) is 42.5 Å². The van der Waals surface area contributed by atoms with Crippen LogP contribution < -0.4 is 4.74 Å². The van der Waals surface area contributed by atoms with E-state index in [0.717, 1.165) is 48.1 Å². The highest BCUT2D eigenvalue weighted by Gasteiger charge is 2.45. The molecule has 7 heteroatoms. The average molecular weight is 452 g/mol. The van der Waals surface area contributed by atoms with Gasteiger partial charge in [-0.15, -0.1) is 0 Å². The highest BCUT2D eigenvalue weighted by molar-refractivity contribution is 6.30. The van der Waals surface area contributed by atoms with Crippen LogP contribution in [0.4, 0.5) is 0 Å². The number of hydrogen-bond acceptors (Lipinski definition) is 4. The smallest absolute Gasteiger partial charge is 0.273 e. The van der Waals surface area contributed by atoms with Gasteiger partial charge in [0, 0.05) is 22.2 Å². The number of nitrogens with zero attached hydrogens (tertiary/aromatic N) is 2. The molecule has 1 atom stereocenters.